The molecule has 1 unspecified atom stereocenters. The first kappa shape index (κ1) is 67.4. The molecule has 0 heterocycles. The highest BCUT2D eigenvalue weighted by atomic mass is 16.6. The number of carbonyl (C=O) groups is 3. The van der Waals surface area contributed by atoms with Crippen molar-refractivity contribution in [2.24, 2.45) is 0 Å². The van der Waals surface area contributed by atoms with Crippen LogP contribution in [0.5, 0.6) is 0 Å². The second kappa shape index (κ2) is 58.9. The molecule has 0 saturated carbocycles. The molecule has 0 rings (SSSR count). The van der Waals surface area contributed by atoms with Crippen LogP contribution in [0, 0.1) is 0 Å². The van der Waals surface area contributed by atoms with Gasteiger partial charge < -0.3 is 14.2 Å². The standard InChI is InChI=1S/C64H116O6/c1-4-7-10-13-16-19-22-25-27-28-29-30-31-32-33-34-35-36-38-39-42-45-48-51-54-57-63(66)69-60-61(59-68-62(65)56-53-50-47-44-41-24-21-18-15-12-9-6-3)70-64(67)58-55-52-49-46-43-40-37-26-23-20-17-14-11-8-5-2/h17-18,20-21,26,28-29,37,61H,4-16,19,22-25,27,30-36,38-60H2,1-3H3/b20-17-,21-18-,29-28-,37-26-. The van der Waals surface area contributed by atoms with Gasteiger partial charge in [0, 0.05) is 19.3 Å². The van der Waals surface area contributed by atoms with Crippen LogP contribution >= 0.6 is 0 Å². The number of hydrogen-bond donors (Lipinski definition) is 0. The second-order valence-electron chi connectivity index (χ2n) is 20.6. The van der Waals surface area contributed by atoms with Gasteiger partial charge in [-0.15, -0.1) is 0 Å². The van der Waals surface area contributed by atoms with Crippen LogP contribution in [0.15, 0.2) is 48.6 Å². The van der Waals surface area contributed by atoms with Gasteiger partial charge in [-0.25, -0.2) is 0 Å². The maximum atomic E-state index is 12.8. The molecule has 0 N–H and O–H groups in total. The van der Waals surface area contributed by atoms with E-state index in [9.17, 15) is 14.4 Å². The van der Waals surface area contributed by atoms with Crippen LogP contribution < -0.4 is 0 Å². The largest absolute Gasteiger partial charge is 0.462 e. The fraction of sp³-hybridized carbons (Fsp3) is 0.828. The number of carbonyl (C=O) groups excluding carboxylic acids is 3. The maximum Gasteiger partial charge on any atom is 0.306 e. The number of esters is 3. The summed E-state index contributed by atoms with van der Waals surface area (Å²) >= 11 is 0. The van der Waals surface area contributed by atoms with Gasteiger partial charge in [-0.2, -0.15) is 0 Å². The molecule has 1 atom stereocenters. The van der Waals surface area contributed by atoms with Gasteiger partial charge in [0.25, 0.3) is 0 Å². The maximum absolute atomic E-state index is 12.8. The molecule has 0 saturated heterocycles. The van der Waals surface area contributed by atoms with Crippen molar-refractivity contribution in [1.82, 2.24) is 0 Å². The third-order valence-corrected chi connectivity index (χ3v) is 13.5. The quantitative estimate of drug-likeness (QED) is 0.0261. The topological polar surface area (TPSA) is 78.9 Å². The van der Waals surface area contributed by atoms with Crippen LogP contribution in [0.1, 0.15) is 323 Å². The Balaban J connectivity index is 4.24. The van der Waals surface area contributed by atoms with Gasteiger partial charge in [0.2, 0.25) is 0 Å². The normalized spacial score (nSPS) is 12.3. The van der Waals surface area contributed by atoms with E-state index < -0.39 is 6.10 Å². The van der Waals surface area contributed by atoms with Gasteiger partial charge >= 0.3 is 17.9 Å². The van der Waals surface area contributed by atoms with Gasteiger partial charge in [0.15, 0.2) is 6.10 Å². The summed E-state index contributed by atoms with van der Waals surface area (Å²) in [5.74, 6) is -0.889. The highest BCUT2D eigenvalue weighted by molar-refractivity contribution is 5.71. The van der Waals surface area contributed by atoms with Crippen molar-refractivity contribution < 1.29 is 28.6 Å². The molecule has 0 aliphatic rings. The van der Waals surface area contributed by atoms with E-state index in [4.69, 9.17) is 14.2 Å². The molecule has 70 heavy (non-hydrogen) atoms. The van der Waals surface area contributed by atoms with Crippen molar-refractivity contribution in [2.45, 2.75) is 329 Å². The highest BCUT2D eigenvalue weighted by Crippen LogP contribution is 2.16. The number of ether oxygens (including phenoxy) is 3. The van der Waals surface area contributed by atoms with E-state index in [0.29, 0.717) is 19.3 Å². The minimum Gasteiger partial charge on any atom is -0.462 e. The average molecular weight is 982 g/mol. The third kappa shape index (κ3) is 56.3. The van der Waals surface area contributed by atoms with E-state index in [0.717, 1.165) is 89.9 Å². The van der Waals surface area contributed by atoms with Crippen molar-refractivity contribution in [2.75, 3.05) is 13.2 Å². The molecular weight excluding hydrogens is 865 g/mol. The van der Waals surface area contributed by atoms with E-state index in [1.165, 1.54) is 193 Å². The molecular formula is C64H116O6. The van der Waals surface area contributed by atoms with E-state index in [2.05, 4.69) is 69.4 Å². The molecule has 0 aromatic carbocycles. The molecule has 6 heteroatoms. The van der Waals surface area contributed by atoms with Crippen LogP contribution in [0.25, 0.3) is 0 Å². The predicted molar refractivity (Wildman–Crippen MR) is 302 cm³/mol. The zero-order valence-electron chi connectivity index (χ0n) is 46.8. The van der Waals surface area contributed by atoms with Crippen molar-refractivity contribution >= 4 is 17.9 Å². The van der Waals surface area contributed by atoms with Crippen LogP contribution in [0.3, 0.4) is 0 Å². The van der Waals surface area contributed by atoms with Gasteiger partial charge in [0.05, 0.1) is 0 Å². The lowest BCUT2D eigenvalue weighted by molar-refractivity contribution is -0.167. The fourth-order valence-corrected chi connectivity index (χ4v) is 8.88. The lowest BCUT2D eigenvalue weighted by atomic mass is 10.0. The van der Waals surface area contributed by atoms with Gasteiger partial charge in [-0.05, 0) is 103 Å². The monoisotopic (exact) mass is 981 g/mol. The molecule has 408 valence electrons. The van der Waals surface area contributed by atoms with E-state index in [1.54, 1.807) is 0 Å². The molecule has 0 bridgehead atoms. The van der Waals surface area contributed by atoms with Crippen LogP contribution in [-0.4, -0.2) is 37.2 Å². The summed E-state index contributed by atoms with van der Waals surface area (Å²) < 4.78 is 16.9. The van der Waals surface area contributed by atoms with Gasteiger partial charge in [-0.3, -0.25) is 14.4 Å². The zero-order valence-corrected chi connectivity index (χ0v) is 46.8. The lowest BCUT2D eigenvalue weighted by Gasteiger charge is -2.18. The number of allylic oxidation sites excluding steroid dienone is 8. The Hall–Kier alpha value is -2.63. The molecule has 0 aliphatic carbocycles. The summed E-state index contributed by atoms with van der Waals surface area (Å²) in [6.07, 6.45) is 72.6. The first-order chi connectivity index (χ1) is 34.5. The lowest BCUT2D eigenvalue weighted by Crippen LogP contribution is -2.30. The fourth-order valence-electron chi connectivity index (χ4n) is 8.88. The minimum absolute atomic E-state index is 0.0795. The van der Waals surface area contributed by atoms with Crippen LogP contribution in [0.4, 0.5) is 0 Å². The zero-order chi connectivity index (χ0) is 50.7. The SMILES string of the molecule is CCCCC/C=C\C/C=C\CCCCCCCC(=O)OC(COC(=O)CCCCCCC/C=C\CCCCC)COC(=O)CCCCCCCCCCCCCCC/C=C\CCCCCCCCCC. The summed E-state index contributed by atoms with van der Waals surface area (Å²) in [7, 11) is 0. The number of rotatable bonds is 56. The molecule has 0 amide bonds. The molecule has 6 nitrogen and oxygen atoms in total. The summed E-state index contributed by atoms with van der Waals surface area (Å²) in [5, 5.41) is 0. The summed E-state index contributed by atoms with van der Waals surface area (Å²) in [4.78, 5) is 38.2. The minimum atomic E-state index is -0.783. The van der Waals surface area contributed by atoms with E-state index in [1.807, 2.05) is 0 Å². The van der Waals surface area contributed by atoms with Crippen molar-refractivity contribution in [3.05, 3.63) is 48.6 Å². The van der Waals surface area contributed by atoms with Crippen LogP contribution in [0.2, 0.25) is 0 Å². The highest BCUT2D eigenvalue weighted by Gasteiger charge is 2.19. The molecule has 0 radical (unpaired) electrons. The summed E-state index contributed by atoms with van der Waals surface area (Å²) in [6.45, 7) is 6.60. The number of hydrogen-bond acceptors (Lipinski definition) is 6. The summed E-state index contributed by atoms with van der Waals surface area (Å²) in [6, 6.07) is 0. The van der Waals surface area contributed by atoms with Crippen molar-refractivity contribution in [3.63, 3.8) is 0 Å². The Morgan fingerprint density at radius 2 is 0.514 bits per heavy atom. The Morgan fingerprint density at radius 1 is 0.286 bits per heavy atom. The van der Waals surface area contributed by atoms with Crippen LogP contribution in [-0.2, 0) is 28.6 Å². The van der Waals surface area contributed by atoms with Gasteiger partial charge in [-0.1, -0.05) is 249 Å². The molecule has 0 aliphatic heterocycles. The Morgan fingerprint density at radius 3 is 0.829 bits per heavy atom. The van der Waals surface area contributed by atoms with E-state index >= 15 is 0 Å². The molecule has 0 aromatic heterocycles. The third-order valence-electron chi connectivity index (χ3n) is 13.5. The molecule has 0 aromatic rings. The van der Waals surface area contributed by atoms with E-state index in [-0.39, 0.29) is 31.1 Å². The smallest absolute Gasteiger partial charge is 0.306 e. The van der Waals surface area contributed by atoms with Crippen molar-refractivity contribution in [3.8, 4) is 0 Å². The first-order valence-corrected chi connectivity index (χ1v) is 30.6. The Bertz CT molecular complexity index is 1220. The Kier molecular flexibility index (Phi) is 56.7. The average Bonchev–Trinajstić information content (AvgIpc) is 3.36. The van der Waals surface area contributed by atoms with Crippen molar-refractivity contribution in [1.29, 1.82) is 0 Å². The Labute approximate surface area is 435 Å². The first-order valence-electron chi connectivity index (χ1n) is 30.6. The molecule has 0 fully saturated rings. The molecule has 0 spiro atoms. The number of unbranched alkanes of at least 4 members (excludes halogenated alkanes) is 37. The second-order valence-corrected chi connectivity index (χ2v) is 20.6. The summed E-state index contributed by atoms with van der Waals surface area (Å²) in [5.41, 5.74) is 0. The predicted octanol–water partition coefficient (Wildman–Crippen LogP) is 20.6. The van der Waals surface area contributed by atoms with Gasteiger partial charge in [0.1, 0.15) is 13.2 Å².